The molecular weight excluding hydrogens is 192 g/mol. The molecule has 4 heteroatoms. The minimum atomic E-state index is -0.234. The summed E-state index contributed by atoms with van der Waals surface area (Å²) in [6.45, 7) is 2.61. The van der Waals surface area contributed by atoms with Crippen LogP contribution in [0.3, 0.4) is 0 Å². The van der Waals surface area contributed by atoms with Crippen LogP contribution in [0.5, 0.6) is 0 Å². The monoisotopic (exact) mass is 208 g/mol. The van der Waals surface area contributed by atoms with Gasteiger partial charge in [-0.2, -0.15) is 0 Å². The molecule has 2 aliphatic heterocycles. The molecule has 2 saturated heterocycles. The van der Waals surface area contributed by atoms with Crippen LogP contribution in [0, 0.1) is 6.92 Å². The number of nitrogens with zero attached hydrogens (tertiary/aromatic N) is 1. The Morgan fingerprint density at radius 1 is 1.33 bits per heavy atom. The quantitative estimate of drug-likeness (QED) is 0.759. The van der Waals surface area contributed by atoms with Gasteiger partial charge in [0.25, 0.3) is 0 Å². The third-order valence-electron chi connectivity index (χ3n) is 3.85. The molecule has 0 aromatic carbocycles. The Morgan fingerprint density at radius 3 is 2.53 bits per heavy atom. The minimum Gasteiger partial charge on any atom is -0.445 e. The Kier molecular flexibility index (Phi) is 1.77. The molecule has 3 heterocycles. The highest BCUT2D eigenvalue weighted by atomic mass is 16.5. The Labute approximate surface area is 88.8 Å². The fourth-order valence-electron chi connectivity index (χ4n) is 2.75. The van der Waals surface area contributed by atoms with E-state index in [-0.39, 0.29) is 11.1 Å². The zero-order valence-electron chi connectivity index (χ0n) is 8.95. The second kappa shape index (κ2) is 2.83. The Balaban J connectivity index is 1.97. The van der Waals surface area contributed by atoms with Crippen molar-refractivity contribution in [3.63, 3.8) is 0 Å². The lowest BCUT2D eigenvalue weighted by atomic mass is 9.70. The van der Waals surface area contributed by atoms with Crippen LogP contribution < -0.4 is 5.73 Å². The third kappa shape index (κ3) is 1.25. The van der Waals surface area contributed by atoms with Gasteiger partial charge in [-0.25, -0.2) is 4.98 Å². The van der Waals surface area contributed by atoms with Crippen molar-refractivity contribution in [1.29, 1.82) is 0 Å². The molecule has 3 fully saturated rings. The predicted octanol–water partition coefficient (Wildman–Crippen LogP) is 1.48. The first-order chi connectivity index (χ1) is 7.14. The molecule has 0 spiro atoms. The van der Waals surface area contributed by atoms with E-state index in [2.05, 4.69) is 4.98 Å². The van der Waals surface area contributed by atoms with Crippen LogP contribution in [0.4, 0.5) is 0 Å². The molecule has 1 aliphatic carbocycles. The van der Waals surface area contributed by atoms with Crippen LogP contribution >= 0.6 is 0 Å². The van der Waals surface area contributed by atoms with Gasteiger partial charge in [0.2, 0.25) is 0 Å². The highest BCUT2D eigenvalue weighted by molar-refractivity contribution is 5.19. The largest absolute Gasteiger partial charge is 0.445 e. The molecule has 3 aliphatic rings. The van der Waals surface area contributed by atoms with E-state index in [1.165, 1.54) is 6.39 Å². The first-order valence-electron chi connectivity index (χ1n) is 5.47. The van der Waals surface area contributed by atoms with Crippen LogP contribution in [0.1, 0.15) is 37.1 Å². The normalized spacial score (nSPS) is 39.6. The van der Waals surface area contributed by atoms with Crippen molar-refractivity contribution in [2.24, 2.45) is 5.73 Å². The first-order valence-corrected chi connectivity index (χ1v) is 5.47. The SMILES string of the molecule is Cc1ncoc1C12CCC(N)(CC1)CO2. The summed E-state index contributed by atoms with van der Waals surface area (Å²) >= 11 is 0. The number of hydrogen-bond donors (Lipinski definition) is 1. The van der Waals surface area contributed by atoms with Gasteiger partial charge in [-0.3, -0.25) is 0 Å². The van der Waals surface area contributed by atoms with Gasteiger partial charge >= 0.3 is 0 Å². The number of ether oxygens (including phenoxy) is 1. The fraction of sp³-hybridized carbons (Fsp3) is 0.727. The summed E-state index contributed by atoms with van der Waals surface area (Å²) in [4.78, 5) is 4.14. The summed E-state index contributed by atoms with van der Waals surface area (Å²) in [6.07, 6.45) is 5.46. The van der Waals surface area contributed by atoms with Crippen molar-refractivity contribution in [3.05, 3.63) is 17.8 Å². The second-order valence-corrected chi connectivity index (χ2v) is 4.91. The Hall–Kier alpha value is -0.870. The average Bonchev–Trinajstić information content (AvgIpc) is 2.67. The smallest absolute Gasteiger partial charge is 0.181 e. The number of aromatic nitrogens is 1. The van der Waals surface area contributed by atoms with Crippen molar-refractivity contribution >= 4 is 0 Å². The van der Waals surface area contributed by atoms with E-state index in [9.17, 15) is 0 Å². The molecule has 15 heavy (non-hydrogen) atoms. The lowest BCUT2D eigenvalue weighted by Crippen LogP contribution is -2.58. The maximum atomic E-state index is 6.18. The topological polar surface area (TPSA) is 61.3 Å². The molecule has 0 unspecified atom stereocenters. The van der Waals surface area contributed by atoms with Crippen molar-refractivity contribution < 1.29 is 9.15 Å². The van der Waals surface area contributed by atoms with Crippen molar-refractivity contribution in [3.8, 4) is 0 Å². The van der Waals surface area contributed by atoms with Gasteiger partial charge in [0.05, 0.1) is 12.3 Å². The molecule has 1 saturated carbocycles. The number of hydrogen-bond acceptors (Lipinski definition) is 4. The predicted molar refractivity (Wildman–Crippen MR) is 54.3 cm³/mol. The first kappa shape index (κ1) is 9.36. The van der Waals surface area contributed by atoms with Crippen LogP contribution in [0.15, 0.2) is 10.8 Å². The molecule has 1 aromatic heterocycles. The standard InChI is InChI=1S/C11H16N2O2/c1-8-9(14-7-13-8)11-4-2-10(12,3-5-11)6-15-11/h7H,2-6,12H2,1H3. The minimum absolute atomic E-state index is 0.0876. The summed E-state index contributed by atoms with van der Waals surface area (Å²) in [7, 11) is 0. The summed E-state index contributed by atoms with van der Waals surface area (Å²) < 4.78 is 11.4. The molecule has 0 radical (unpaired) electrons. The molecule has 4 nitrogen and oxygen atoms in total. The summed E-state index contributed by atoms with van der Waals surface area (Å²) in [5.74, 6) is 0.907. The lowest BCUT2D eigenvalue weighted by molar-refractivity contribution is -0.168. The van der Waals surface area contributed by atoms with Crippen molar-refractivity contribution in [1.82, 2.24) is 4.98 Å². The van der Waals surface area contributed by atoms with Gasteiger partial charge in [-0.1, -0.05) is 0 Å². The van der Waals surface area contributed by atoms with Crippen molar-refractivity contribution in [2.45, 2.75) is 43.7 Å². The number of oxazole rings is 1. The molecule has 0 amide bonds. The van der Waals surface area contributed by atoms with Crippen LogP contribution in [0.2, 0.25) is 0 Å². The van der Waals surface area contributed by atoms with Gasteiger partial charge in [-0.05, 0) is 32.6 Å². The van der Waals surface area contributed by atoms with Crippen molar-refractivity contribution in [2.75, 3.05) is 6.61 Å². The third-order valence-corrected chi connectivity index (χ3v) is 3.85. The zero-order valence-corrected chi connectivity index (χ0v) is 8.95. The number of fused-ring (bicyclic) bond motifs is 3. The molecule has 4 rings (SSSR count). The van der Waals surface area contributed by atoms with Gasteiger partial charge in [0.15, 0.2) is 12.2 Å². The maximum absolute atomic E-state index is 6.18. The van der Waals surface area contributed by atoms with E-state index in [0.29, 0.717) is 6.61 Å². The van der Waals surface area contributed by atoms with E-state index in [0.717, 1.165) is 37.1 Å². The molecule has 2 bridgehead atoms. The highest BCUT2D eigenvalue weighted by Gasteiger charge is 2.51. The van der Waals surface area contributed by atoms with Gasteiger partial charge < -0.3 is 14.9 Å². The van der Waals surface area contributed by atoms with E-state index >= 15 is 0 Å². The number of aryl methyl sites for hydroxylation is 1. The van der Waals surface area contributed by atoms with E-state index in [1.807, 2.05) is 6.92 Å². The fourth-order valence-corrected chi connectivity index (χ4v) is 2.75. The van der Waals surface area contributed by atoms with E-state index in [1.54, 1.807) is 0 Å². The Bertz CT molecular complexity index is 361. The lowest BCUT2D eigenvalue weighted by Gasteiger charge is -2.50. The van der Waals surface area contributed by atoms with Gasteiger partial charge in [-0.15, -0.1) is 0 Å². The second-order valence-electron chi connectivity index (χ2n) is 4.91. The summed E-state index contributed by atoms with van der Waals surface area (Å²) in [5, 5.41) is 0. The summed E-state index contributed by atoms with van der Waals surface area (Å²) in [5.41, 5.74) is 6.80. The average molecular weight is 208 g/mol. The zero-order chi connectivity index (χ0) is 10.5. The van der Waals surface area contributed by atoms with E-state index < -0.39 is 0 Å². The molecular formula is C11H16N2O2. The van der Waals surface area contributed by atoms with E-state index in [4.69, 9.17) is 14.9 Å². The number of rotatable bonds is 1. The molecule has 2 N–H and O–H groups in total. The van der Waals surface area contributed by atoms with Crippen LogP contribution in [-0.4, -0.2) is 17.1 Å². The molecule has 1 aromatic rings. The molecule has 82 valence electrons. The summed E-state index contributed by atoms with van der Waals surface area (Å²) in [6, 6.07) is 0. The maximum Gasteiger partial charge on any atom is 0.181 e. The highest BCUT2D eigenvalue weighted by Crippen LogP contribution is 2.49. The van der Waals surface area contributed by atoms with Crippen LogP contribution in [0.25, 0.3) is 0 Å². The van der Waals surface area contributed by atoms with Gasteiger partial charge in [0.1, 0.15) is 5.60 Å². The Morgan fingerprint density at radius 2 is 2.07 bits per heavy atom. The number of nitrogens with two attached hydrogens (primary N) is 1. The molecule has 0 atom stereocenters. The van der Waals surface area contributed by atoms with Crippen LogP contribution in [-0.2, 0) is 10.3 Å². The van der Waals surface area contributed by atoms with Gasteiger partial charge in [0, 0.05) is 5.54 Å².